The molecule has 23 heavy (non-hydrogen) atoms. The first-order valence-electron chi connectivity index (χ1n) is 6.60. The largest absolute Gasteiger partial charge is 0.545 e. The lowest BCUT2D eigenvalue weighted by Gasteiger charge is -2.02. The number of H-pyrrole nitrogens is 1. The van der Waals surface area contributed by atoms with Gasteiger partial charge in [0.1, 0.15) is 5.69 Å². The fraction of sp³-hybridized carbons (Fsp3) is 0. The highest BCUT2D eigenvalue weighted by atomic mass is 32.1. The van der Waals surface area contributed by atoms with Gasteiger partial charge < -0.3 is 9.90 Å². The summed E-state index contributed by atoms with van der Waals surface area (Å²) in [6.45, 7) is 0. The van der Waals surface area contributed by atoms with Crippen molar-refractivity contribution in [3.63, 3.8) is 0 Å². The van der Waals surface area contributed by atoms with Crippen molar-refractivity contribution in [1.82, 2.24) is 19.9 Å². The number of rotatable bonds is 4. The van der Waals surface area contributed by atoms with Crippen molar-refractivity contribution in [2.24, 2.45) is 5.10 Å². The number of carbonyl (C=O) groups excluding carboxylic acids is 1. The minimum atomic E-state index is -1.22. The Bertz CT molecular complexity index is 913. The van der Waals surface area contributed by atoms with Crippen LogP contribution >= 0.6 is 12.2 Å². The number of aromatic carboxylic acids is 1. The Morgan fingerprint density at radius 2 is 2.04 bits per heavy atom. The van der Waals surface area contributed by atoms with Gasteiger partial charge in [0.15, 0.2) is 0 Å². The summed E-state index contributed by atoms with van der Waals surface area (Å²) in [5.41, 5.74) is 1.45. The van der Waals surface area contributed by atoms with Crippen LogP contribution in [0, 0.1) is 4.77 Å². The second kappa shape index (κ2) is 6.32. The molecule has 0 fully saturated rings. The molecule has 2 aromatic heterocycles. The number of pyridine rings is 1. The third-order valence-corrected chi connectivity index (χ3v) is 3.28. The fourth-order valence-electron chi connectivity index (χ4n) is 1.89. The molecule has 0 spiro atoms. The highest BCUT2D eigenvalue weighted by Gasteiger charge is 2.08. The minimum absolute atomic E-state index is 0.108. The molecule has 0 radical (unpaired) electrons. The lowest BCUT2D eigenvalue weighted by Crippen LogP contribution is -2.21. The number of carboxylic acid groups (broad SMARTS) is 1. The van der Waals surface area contributed by atoms with Gasteiger partial charge in [0, 0.05) is 6.20 Å². The summed E-state index contributed by atoms with van der Waals surface area (Å²) in [4.78, 5) is 14.9. The van der Waals surface area contributed by atoms with E-state index in [1.165, 1.54) is 16.8 Å². The van der Waals surface area contributed by atoms with Crippen LogP contribution in [0.4, 0.5) is 0 Å². The van der Waals surface area contributed by atoms with Crippen molar-refractivity contribution in [3.8, 4) is 11.5 Å². The van der Waals surface area contributed by atoms with E-state index in [2.05, 4.69) is 20.3 Å². The van der Waals surface area contributed by atoms with Crippen LogP contribution in [-0.2, 0) is 0 Å². The summed E-state index contributed by atoms with van der Waals surface area (Å²) >= 11 is 5.16. The van der Waals surface area contributed by atoms with Crippen LogP contribution in [0.1, 0.15) is 15.9 Å². The van der Waals surface area contributed by atoms with Crippen molar-refractivity contribution in [3.05, 3.63) is 64.6 Å². The van der Waals surface area contributed by atoms with Crippen LogP contribution in [0.5, 0.6) is 0 Å². The van der Waals surface area contributed by atoms with Gasteiger partial charge in [-0.1, -0.05) is 30.3 Å². The standard InChI is InChI=1S/C15H11N5O2S/c21-14(22)11-6-4-10(5-7-11)9-17-20-13(18-19-15(20)23)12-3-1-2-8-16-12/h1-9H,(H,19,23)(H,21,22)/p-1/b17-9-. The highest BCUT2D eigenvalue weighted by Crippen LogP contribution is 2.13. The Morgan fingerprint density at radius 1 is 1.26 bits per heavy atom. The Balaban J connectivity index is 1.93. The number of carboxylic acids is 1. The van der Waals surface area contributed by atoms with E-state index in [9.17, 15) is 9.90 Å². The van der Waals surface area contributed by atoms with E-state index in [1.54, 1.807) is 36.7 Å². The van der Waals surface area contributed by atoms with Gasteiger partial charge in [-0.15, -0.1) is 0 Å². The van der Waals surface area contributed by atoms with E-state index in [1.807, 2.05) is 6.07 Å². The molecule has 0 amide bonds. The molecule has 3 aromatic rings. The quantitative estimate of drug-likeness (QED) is 0.575. The second-order valence-electron chi connectivity index (χ2n) is 4.53. The smallest absolute Gasteiger partial charge is 0.216 e. The summed E-state index contributed by atoms with van der Waals surface area (Å²) in [5.74, 6) is -0.735. The molecular formula is C15H10N5O2S-. The van der Waals surface area contributed by atoms with E-state index in [-0.39, 0.29) is 5.56 Å². The Hall–Kier alpha value is -3.13. The summed E-state index contributed by atoms with van der Waals surface area (Å²) in [5, 5.41) is 21.8. The first-order chi connectivity index (χ1) is 11.1. The zero-order valence-corrected chi connectivity index (χ0v) is 12.5. The molecule has 0 saturated heterocycles. The first kappa shape index (κ1) is 14.8. The third kappa shape index (κ3) is 3.22. The predicted octanol–water partition coefficient (Wildman–Crippen LogP) is 1.25. The molecule has 3 rings (SSSR count). The van der Waals surface area contributed by atoms with E-state index < -0.39 is 5.97 Å². The van der Waals surface area contributed by atoms with Gasteiger partial charge in [-0.2, -0.15) is 14.9 Å². The number of aromatic amines is 1. The predicted molar refractivity (Wildman–Crippen MR) is 84.4 cm³/mol. The maximum Gasteiger partial charge on any atom is 0.216 e. The monoisotopic (exact) mass is 324 g/mol. The SMILES string of the molecule is O=C([O-])c1ccc(/C=N\n2c(-c3ccccn3)n[nH]c2=S)cc1. The molecule has 0 bridgehead atoms. The number of benzene rings is 1. The molecule has 7 nitrogen and oxygen atoms in total. The van der Waals surface area contributed by atoms with Crippen LogP contribution < -0.4 is 5.11 Å². The summed E-state index contributed by atoms with van der Waals surface area (Å²) in [6, 6.07) is 11.6. The van der Waals surface area contributed by atoms with Crippen molar-refractivity contribution in [1.29, 1.82) is 0 Å². The first-order valence-corrected chi connectivity index (χ1v) is 7.00. The molecule has 114 valence electrons. The van der Waals surface area contributed by atoms with Gasteiger partial charge >= 0.3 is 0 Å². The summed E-state index contributed by atoms with van der Waals surface area (Å²) in [6.07, 6.45) is 3.20. The van der Waals surface area contributed by atoms with Crippen LogP contribution in [0.3, 0.4) is 0 Å². The number of hydrogen-bond acceptors (Lipinski definition) is 6. The van der Waals surface area contributed by atoms with E-state index in [4.69, 9.17) is 12.2 Å². The van der Waals surface area contributed by atoms with Crippen molar-refractivity contribution >= 4 is 24.4 Å². The zero-order valence-electron chi connectivity index (χ0n) is 11.7. The molecule has 1 aromatic carbocycles. The molecule has 0 aliphatic heterocycles. The molecule has 2 heterocycles. The fourth-order valence-corrected chi connectivity index (χ4v) is 2.07. The lowest BCUT2D eigenvalue weighted by atomic mass is 10.1. The second-order valence-corrected chi connectivity index (χ2v) is 4.92. The molecule has 0 aliphatic rings. The molecule has 1 N–H and O–H groups in total. The average molecular weight is 324 g/mol. The van der Waals surface area contributed by atoms with Gasteiger partial charge in [0.2, 0.25) is 10.6 Å². The lowest BCUT2D eigenvalue weighted by molar-refractivity contribution is -0.255. The zero-order chi connectivity index (χ0) is 16.2. The number of aromatic nitrogens is 4. The Labute approximate surface area is 136 Å². The van der Waals surface area contributed by atoms with Crippen molar-refractivity contribution in [2.45, 2.75) is 0 Å². The van der Waals surface area contributed by atoms with Crippen LogP contribution in [0.25, 0.3) is 11.5 Å². The molecule has 0 aliphatic carbocycles. The topological polar surface area (TPSA) is 99.0 Å². The highest BCUT2D eigenvalue weighted by molar-refractivity contribution is 7.71. The third-order valence-electron chi connectivity index (χ3n) is 3.01. The number of hydrogen-bond donors (Lipinski definition) is 1. The van der Waals surface area contributed by atoms with E-state index in [0.717, 1.165) is 0 Å². The van der Waals surface area contributed by atoms with Gasteiger partial charge in [0.25, 0.3) is 0 Å². The maximum absolute atomic E-state index is 10.7. The number of carbonyl (C=O) groups is 1. The van der Waals surface area contributed by atoms with Gasteiger partial charge in [0.05, 0.1) is 12.2 Å². The molecule has 0 atom stereocenters. The normalized spacial score (nSPS) is 11.0. The summed E-state index contributed by atoms with van der Waals surface area (Å²) in [7, 11) is 0. The van der Waals surface area contributed by atoms with Crippen LogP contribution in [0.2, 0.25) is 0 Å². The van der Waals surface area contributed by atoms with E-state index >= 15 is 0 Å². The molecule has 0 saturated carbocycles. The Kier molecular flexibility index (Phi) is 4.07. The van der Waals surface area contributed by atoms with Crippen LogP contribution in [-0.4, -0.2) is 32.0 Å². The number of nitrogens with one attached hydrogen (secondary N) is 1. The summed E-state index contributed by atoms with van der Waals surface area (Å²) < 4.78 is 1.78. The van der Waals surface area contributed by atoms with Gasteiger partial charge in [-0.05, 0) is 35.5 Å². The average Bonchev–Trinajstić information content (AvgIpc) is 2.95. The van der Waals surface area contributed by atoms with Gasteiger partial charge in [-0.25, -0.2) is 5.10 Å². The van der Waals surface area contributed by atoms with Crippen molar-refractivity contribution in [2.75, 3.05) is 0 Å². The molecule has 0 unspecified atom stereocenters. The minimum Gasteiger partial charge on any atom is -0.545 e. The molecule has 8 heteroatoms. The Morgan fingerprint density at radius 3 is 2.70 bits per heavy atom. The van der Waals surface area contributed by atoms with Crippen molar-refractivity contribution < 1.29 is 9.90 Å². The molecular weight excluding hydrogens is 314 g/mol. The number of nitrogens with zero attached hydrogens (tertiary/aromatic N) is 4. The van der Waals surface area contributed by atoms with Gasteiger partial charge in [-0.3, -0.25) is 4.98 Å². The maximum atomic E-state index is 10.7. The van der Waals surface area contributed by atoms with Crippen LogP contribution in [0.15, 0.2) is 53.8 Å². The van der Waals surface area contributed by atoms with E-state index in [0.29, 0.717) is 21.9 Å².